The van der Waals surface area contributed by atoms with Crippen LogP contribution in [0.25, 0.3) is 0 Å². The minimum absolute atomic E-state index is 0.269. The lowest BCUT2D eigenvalue weighted by molar-refractivity contribution is -0.115. The van der Waals surface area contributed by atoms with E-state index in [-0.39, 0.29) is 5.78 Å². The van der Waals surface area contributed by atoms with Crippen molar-refractivity contribution in [2.45, 2.75) is 25.7 Å². The van der Waals surface area contributed by atoms with Gasteiger partial charge < -0.3 is 4.74 Å². The largest absolute Gasteiger partial charge is 0.497 e. The molecule has 0 heterocycles. The van der Waals surface area contributed by atoms with E-state index >= 15 is 0 Å². The van der Waals surface area contributed by atoms with Crippen LogP contribution in [0.15, 0.2) is 36.4 Å². The van der Waals surface area contributed by atoms with E-state index in [1.165, 1.54) is 5.56 Å². The third-order valence-corrected chi connectivity index (χ3v) is 3.28. The number of methoxy groups -OCH3 is 1. The van der Waals surface area contributed by atoms with E-state index in [1.54, 1.807) is 13.2 Å². The molecule has 0 saturated heterocycles. The Bertz CT molecular complexity index is 403. The molecular formula is C15H18O2. The molecule has 1 aromatic rings. The molecule has 1 aliphatic carbocycles. The smallest absolute Gasteiger partial charge is 0.155 e. The summed E-state index contributed by atoms with van der Waals surface area (Å²) in [5, 5.41) is 0. The third kappa shape index (κ3) is 3.45. The Balaban J connectivity index is 1.85. The molecule has 0 radical (unpaired) electrons. The van der Waals surface area contributed by atoms with Crippen molar-refractivity contribution in [3.05, 3.63) is 42.0 Å². The summed E-state index contributed by atoms with van der Waals surface area (Å²) in [5.74, 6) is 1.73. The highest BCUT2D eigenvalue weighted by atomic mass is 16.5. The standard InChI is InChI=1S/C15H18O2/c1-17-15-10-6-13(7-11-15)3-2-12-4-8-14(16)9-5-12/h4,6-8,10-12H,2-3,5,9H2,1H3/t12-/m0/s1. The highest BCUT2D eigenvalue weighted by Crippen LogP contribution is 2.21. The minimum atomic E-state index is 0.269. The zero-order valence-corrected chi connectivity index (χ0v) is 10.2. The first-order valence-corrected chi connectivity index (χ1v) is 6.12. The molecule has 1 aromatic carbocycles. The fourth-order valence-corrected chi connectivity index (χ4v) is 2.14. The molecule has 2 heteroatoms. The Morgan fingerprint density at radius 1 is 1.29 bits per heavy atom. The molecule has 0 amide bonds. The number of benzene rings is 1. The molecule has 0 spiro atoms. The second-order valence-corrected chi connectivity index (χ2v) is 4.51. The Morgan fingerprint density at radius 3 is 2.65 bits per heavy atom. The molecule has 0 N–H and O–H groups in total. The van der Waals surface area contributed by atoms with E-state index in [0.29, 0.717) is 12.3 Å². The topological polar surface area (TPSA) is 26.3 Å². The van der Waals surface area contributed by atoms with Gasteiger partial charge in [0.25, 0.3) is 0 Å². The van der Waals surface area contributed by atoms with Crippen LogP contribution in [-0.4, -0.2) is 12.9 Å². The number of hydrogen-bond donors (Lipinski definition) is 0. The zero-order valence-electron chi connectivity index (χ0n) is 10.2. The maximum Gasteiger partial charge on any atom is 0.155 e. The number of ketones is 1. The molecule has 1 aliphatic rings. The summed E-state index contributed by atoms with van der Waals surface area (Å²) in [4.78, 5) is 11.1. The number of rotatable bonds is 4. The van der Waals surface area contributed by atoms with Crippen LogP contribution < -0.4 is 4.74 Å². The number of aryl methyl sites for hydroxylation is 1. The van der Waals surface area contributed by atoms with Gasteiger partial charge in [0.15, 0.2) is 5.78 Å². The zero-order chi connectivity index (χ0) is 12.1. The van der Waals surface area contributed by atoms with Crippen LogP contribution in [0.4, 0.5) is 0 Å². The van der Waals surface area contributed by atoms with Gasteiger partial charge in [0.05, 0.1) is 7.11 Å². The van der Waals surface area contributed by atoms with E-state index in [1.807, 2.05) is 12.1 Å². The van der Waals surface area contributed by atoms with Crippen molar-refractivity contribution >= 4 is 5.78 Å². The lowest BCUT2D eigenvalue weighted by atomic mass is 9.90. The number of hydrogen-bond acceptors (Lipinski definition) is 2. The van der Waals surface area contributed by atoms with Crippen LogP contribution in [0.5, 0.6) is 5.75 Å². The van der Waals surface area contributed by atoms with Crippen molar-refractivity contribution in [3.63, 3.8) is 0 Å². The quantitative estimate of drug-likeness (QED) is 0.794. The van der Waals surface area contributed by atoms with Crippen LogP contribution in [0, 0.1) is 5.92 Å². The normalized spacial score (nSPS) is 19.4. The predicted octanol–water partition coefficient (Wildman–Crippen LogP) is 3.16. The summed E-state index contributed by atoms with van der Waals surface area (Å²) in [7, 11) is 1.68. The number of allylic oxidation sites excluding steroid dienone is 2. The van der Waals surface area contributed by atoms with Crippen molar-refractivity contribution in [3.8, 4) is 5.75 Å². The first-order chi connectivity index (χ1) is 8.28. The SMILES string of the molecule is COc1ccc(CC[C@H]2C=CC(=O)CC2)cc1. The van der Waals surface area contributed by atoms with Gasteiger partial charge in [0, 0.05) is 6.42 Å². The van der Waals surface area contributed by atoms with Crippen LogP contribution in [0.1, 0.15) is 24.8 Å². The van der Waals surface area contributed by atoms with Crippen LogP contribution in [0.3, 0.4) is 0 Å². The summed E-state index contributed by atoms with van der Waals surface area (Å²) < 4.78 is 5.13. The molecule has 2 nitrogen and oxygen atoms in total. The Hall–Kier alpha value is -1.57. The second-order valence-electron chi connectivity index (χ2n) is 4.51. The van der Waals surface area contributed by atoms with Gasteiger partial charge in [-0.3, -0.25) is 4.79 Å². The van der Waals surface area contributed by atoms with E-state index in [0.717, 1.165) is 25.0 Å². The molecule has 1 atom stereocenters. The van der Waals surface area contributed by atoms with E-state index in [2.05, 4.69) is 18.2 Å². The first kappa shape index (κ1) is 11.9. The van der Waals surface area contributed by atoms with Crippen molar-refractivity contribution in [1.29, 1.82) is 0 Å². The van der Waals surface area contributed by atoms with Crippen LogP contribution in [-0.2, 0) is 11.2 Å². The van der Waals surface area contributed by atoms with Crippen molar-refractivity contribution in [2.75, 3.05) is 7.11 Å². The Labute approximate surface area is 102 Å². The third-order valence-electron chi connectivity index (χ3n) is 3.28. The molecule has 17 heavy (non-hydrogen) atoms. The van der Waals surface area contributed by atoms with Gasteiger partial charge in [0.2, 0.25) is 0 Å². The van der Waals surface area contributed by atoms with E-state index in [9.17, 15) is 4.79 Å². The Morgan fingerprint density at radius 2 is 2.06 bits per heavy atom. The van der Waals surface area contributed by atoms with Gasteiger partial charge in [-0.15, -0.1) is 0 Å². The fraction of sp³-hybridized carbons (Fsp3) is 0.400. The Kier molecular flexibility index (Phi) is 3.97. The number of carbonyl (C=O) groups is 1. The average Bonchev–Trinajstić information content (AvgIpc) is 2.39. The lowest BCUT2D eigenvalue weighted by Crippen LogP contribution is -2.08. The molecule has 0 aliphatic heterocycles. The van der Waals surface area contributed by atoms with Crippen LogP contribution in [0.2, 0.25) is 0 Å². The minimum Gasteiger partial charge on any atom is -0.497 e. The molecular weight excluding hydrogens is 212 g/mol. The van der Waals surface area contributed by atoms with Crippen molar-refractivity contribution < 1.29 is 9.53 Å². The number of ether oxygens (including phenoxy) is 1. The molecule has 0 unspecified atom stereocenters. The lowest BCUT2D eigenvalue weighted by Gasteiger charge is -2.15. The molecule has 0 aromatic heterocycles. The second kappa shape index (κ2) is 5.67. The molecule has 0 saturated carbocycles. The molecule has 0 bridgehead atoms. The van der Waals surface area contributed by atoms with Crippen molar-refractivity contribution in [1.82, 2.24) is 0 Å². The molecule has 0 fully saturated rings. The van der Waals surface area contributed by atoms with Gasteiger partial charge in [-0.1, -0.05) is 18.2 Å². The van der Waals surface area contributed by atoms with Gasteiger partial charge in [-0.25, -0.2) is 0 Å². The highest BCUT2D eigenvalue weighted by Gasteiger charge is 2.12. The summed E-state index contributed by atoms with van der Waals surface area (Å²) in [6.07, 6.45) is 7.70. The average molecular weight is 230 g/mol. The summed E-state index contributed by atoms with van der Waals surface area (Å²) in [6.45, 7) is 0. The molecule has 2 rings (SSSR count). The van der Waals surface area contributed by atoms with Gasteiger partial charge in [-0.05, 0) is 49.0 Å². The van der Waals surface area contributed by atoms with Gasteiger partial charge in [-0.2, -0.15) is 0 Å². The maximum absolute atomic E-state index is 11.1. The van der Waals surface area contributed by atoms with Gasteiger partial charge in [0.1, 0.15) is 5.75 Å². The van der Waals surface area contributed by atoms with Crippen molar-refractivity contribution in [2.24, 2.45) is 5.92 Å². The number of carbonyl (C=O) groups excluding carboxylic acids is 1. The predicted molar refractivity (Wildman–Crippen MR) is 68.2 cm³/mol. The van der Waals surface area contributed by atoms with E-state index in [4.69, 9.17) is 4.74 Å². The first-order valence-electron chi connectivity index (χ1n) is 6.12. The summed E-state index contributed by atoms with van der Waals surface area (Å²) >= 11 is 0. The monoisotopic (exact) mass is 230 g/mol. The fourth-order valence-electron chi connectivity index (χ4n) is 2.14. The summed E-state index contributed by atoms with van der Waals surface area (Å²) in [6, 6.07) is 8.21. The molecule has 90 valence electrons. The van der Waals surface area contributed by atoms with Gasteiger partial charge >= 0.3 is 0 Å². The van der Waals surface area contributed by atoms with E-state index < -0.39 is 0 Å². The maximum atomic E-state index is 11.1. The van der Waals surface area contributed by atoms with Crippen LogP contribution >= 0.6 is 0 Å². The summed E-state index contributed by atoms with van der Waals surface area (Å²) in [5.41, 5.74) is 1.33. The highest BCUT2D eigenvalue weighted by molar-refractivity contribution is 5.90.